The highest BCUT2D eigenvalue weighted by molar-refractivity contribution is 5.83. The Balaban J connectivity index is 2.19. The van der Waals surface area contributed by atoms with E-state index in [0.29, 0.717) is 5.56 Å². The lowest BCUT2D eigenvalue weighted by Gasteiger charge is -2.18. The van der Waals surface area contributed by atoms with Crippen LogP contribution in [0.3, 0.4) is 0 Å². The number of rotatable bonds is 5. The van der Waals surface area contributed by atoms with E-state index >= 15 is 0 Å². The average Bonchev–Trinajstić information content (AvgIpc) is 2.55. The van der Waals surface area contributed by atoms with Gasteiger partial charge in [0.05, 0.1) is 6.07 Å². The van der Waals surface area contributed by atoms with E-state index in [1.165, 1.54) is 25.3 Å². The lowest BCUT2D eigenvalue weighted by molar-refractivity contribution is -0.131. The predicted octanol–water partition coefficient (Wildman–Crippen LogP) is 2.89. The third-order valence-electron chi connectivity index (χ3n) is 3.21. The first kappa shape index (κ1) is 15.7. The van der Waals surface area contributed by atoms with Crippen LogP contribution < -0.4 is 5.32 Å². The zero-order chi connectivity index (χ0) is 15.9. The quantitative estimate of drug-likeness (QED) is 0.923. The number of benzene rings is 2. The highest BCUT2D eigenvalue weighted by Crippen LogP contribution is 2.20. The number of carbonyl (C=O) groups is 1. The molecule has 0 saturated heterocycles. The lowest BCUT2D eigenvalue weighted by Crippen LogP contribution is -2.33. The summed E-state index contributed by atoms with van der Waals surface area (Å²) in [7, 11) is 1.40. The van der Waals surface area contributed by atoms with E-state index < -0.39 is 23.9 Å². The molecule has 22 heavy (non-hydrogen) atoms. The van der Waals surface area contributed by atoms with Gasteiger partial charge in [-0.3, -0.25) is 4.79 Å². The number of hydrogen-bond donors (Lipinski definition) is 1. The summed E-state index contributed by atoms with van der Waals surface area (Å²) in [5.74, 6) is -1.04. The topological polar surface area (TPSA) is 62.1 Å². The number of methoxy groups -OCH3 is 1. The summed E-state index contributed by atoms with van der Waals surface area (Å²) in [5.41, 5.74) is 0.786. The summed E-state index contributed by atoms with van der Waals surface area (Å²) in [6, 6.07) is 15.6. The number of hydrogen-bond acceptors (Lipinski definition) is 3. The van der Waals surface area contributed by atoms with Crippen LogP contribution in [-0.2, 0) is 9.53 Å². The van der Waals surface area contributed by atoms with E-state index in [-0.39, 0.29) is 5.56 Å². The molecule has 0 aliphatic carbocycles. The highest BCUT2D eigenvalue weighted by Gasteiger charge is 2.24. The van der Waals surface area contributed by atoms with Crippen molar-refractivity contribution >= 4 is 5.91 Å². The number of nitrogens with one attached hydrogen (secondary N) is 1. The van der Waals surface area contributed by atoms with Gasteiger partial charge in [0, 0.05) is 12.7 Å². The molecule has 0 aliphatic heterocycles. The van der Waals surface area contributed by atoms with Gasteiger partial charge in [-0.15, -0.1) is 0 Å². The fraction of sp³-hybridized carbons (Fsp3) is 0.176. The average molecular weight is 298 g/mol. The summed E-state index contributed by atoms with van der Waals surface area (Å²) < 4.78 is 18.9. The molecular formula is C17H15FN2O2. The standard InChI is InChI=1S/C17H15FN2O2/c1-22-16(12-7-3-2-4-8-12)17(21)20-15(11-19)13-9-5-6-10-14(13)18/h2-10,15-16H,1H3,(H,20,21)/t15-,16-/m1/s1. The van der Waals surface area contributed by atoms with Crippen molar-refractivity contribution in [1.29, 1.82) is 5.26 Å². The molecule has 2 atom stereocenters. The molecule has 4 nitrogen and oxygen atoms in total. The first-order valence-electron chi connectivity index (χ1n) is 6.69. The first-order chi connectivity index (χ1) is 10.7. The van der Waals surface area contributed by atoms with Crippen molar-refractivity contribution < 1.29 is 13.9 Å². The van der Waals surface area contributed by atoms with Crippen molar-refractivity contribution in [2.45, 2.75) is 12.1 Å². The fourth-order valence-corrected chi connectivity index (χ4v) is 2.13. The Hall–Kier alpha value is -2.71. The Morgan fingerprint density at radius 2 is 1.82 bits per heavy atom. The van der Waals surface area contributed by atoms with Gasteiger partial charge in [0.1, 0.15) is 11.9 Å². The van der Waals surface area contributed by atoms with E-state index in [9.17, 15) is 14.4 Å². The number of ether oxygens (including phenoxy) is 1. The van der Waals surface area contributed by atoms with Crippen molar-refractivity contribution in [3.8, 4) is 6.07 Å². The molecule has 2 rings (SSSR count). The van der Waals surface area contributed by atoms with Gasteiger partial charge < -0.3 is 10.1 Å². The maximum absolute atomic E-state index is 13.7. The summed E-state index contributed by atoms with van der Waals surface area (Å²) in [6.45, 7) is 0. The maximum Gasteiger partial charge on any atom is 0.255 e. The Morgan fingerprint density at radius 1 is 1.18 bits per heavy atom. The predicted molar refractivity (Wildman–Crippen MR) is 79.1 cm³/mol. The number of nitrogens with zero attached hydrogens (tertiary/aromatic N) is 1. The van der Waals surface area contributed by atoms with Gasteiger partial charge >= 0.3 is 0 Å². The molecule has 1 amide bonds. The van der Waals surface area contributed by atoms with Gasteiger partial charge in [0.25, 0.3) is 5.91 Å². The van der Waals surface area contributed by atoms with Crippen LogP contribution in [-0.4, -0.2) is 13.0 Å². The van der Waals surface area contributed by atoms with Crippen molar-refractivity contribution in [2.75, 3.05) is 7.11 Å². The van der Waals surface area contributed by atoms with Crippen molar-refractivity contribution in [2.24, 2.45) is 0 Å². The number of halogens is 1. The summed E-state index contributed by atoms with van der Waals surface area (Å²) in [5, 5.41) is 11.7. The van der Waals surface area contributed by atoms with Crippen LogP contribution in [0.15, 0.2) is 54.6 Å². The molecule has 112 valence electrons. The van der Waals surface area contributed by atoms with E-state index in [4.69, 9.17) is 4.74 Å². The summed E-state index contributed by atoms with van der Waals surface area (Å²) in [4.78, 5) is 12.3. The maximum atomic E-state index is 13.7. The van der Waals surface area contributed by atoms with Crippen LogP contribution in [0.25, 0.3) is 0 Å². The van der Waals surface area contributed by atoms with Crippen LogP contribution in [0.1, 0.15) is 23.3 Å². The Bertz CT molecular complexity index is 683. The molecule has 0 radical (unpaired) electrons. The number of carbonyl (C=O) groups excluding carboxylic acids is 1. The molecule has 0 saturated carbocycles. The Labute approximate surface area is 128 Å². The van der Waals surface area contributed by atoms with Crippen LogP contribution >= 0.6 is 0 Å². The molecule has 1 N–H and O–H groups in total. The van der Waals surface area contributed by atoms with Gasteiger partial charge in [-0.2, -0.15) is 5.26 Å². The minimum atomic E-state index is -1.07. The highest BCUT2D eigenvalue weighted by atomic mass is 19.1. The normalized spacial score (nSPS) is 13.0. The molecule has 0 heterocycles. The van der Waals surface area contributed by atoms with Crippen LogP contribution in [0, 0.1) is 17.1 Å². The lowest BCUT2D eigenvalue weighted by atomic mass is 10.1. The van der Waals surface area contributed by atoms with Gasteiger partial charge in [0.15, 0.2) is 6.10 Å². The monoisotopic (exact) mass is 298 g/mol. The SMILES string of the molecule is CO[C@@H](C(=O)N[C@H](C#N)c1ccccc1F)c1ccccc1. The minimum absolute atomic E-state index is 0.126. The number of nitriles is 1. The second-order valence-electron chi connectivity index (χ2n) is 4.62. The second kappa shape index (κ2) is 7.34. The minimum Gasteiger partial charge on any atom is -0.367 e. The van der Waals surface area contributed by atoms with Crippen molar-refractivity contribution in [1.82, 2.24) is 5.32 Å². The molecule has 0 aliphatic rings. The molecule has 0 bridgehead atoms. The summed E-state index contributed by atoms with van der Waals surface area (Å²) in [6.07, 6.45) is -0.858. The zero-order valence-electron chi connectivity index (χ0n) is 12.0. The van der Waals surface area contributed by atoms with Gasteiger partial charge in [-0.25, -0.2) is 4.39 Å². The Morgan fingerprint density at radius 3 is 2.41 bits per heavy atom. The van der Waals surface area contributed by atoms with Gasteiger partial charge in [-0.05, 0) is 11.6 Å². The smallest absolute Gasteiger partial charge is 0.255 e. The third-order valence-corrected chi connectivity index (χ3v) is 3.21. The molecule has 2 aromatic rings. The molecule has 0 unspecified atom stereocenters. The molecule has 2 aromatic carbocycles. The van der Waals surface area contributed by atoms with Crippen LogP contribution in [0.5, 0.6) is 0 Å². The third kappa shape index (κ3) is 3.48. The van der Waals surface area contributed by atoms with Crippen molar-refractivity contribution in [3.63, 3.8) is 0 Å². The molecular weight excluding hydrogens is 283 g/mol. The summed E-state index contributed by atoms with van der Waals surface area (Å²) >= 11 is 0. The largest absolute Gasteiger partial charge is 0.367 e. The first-order valence-corrected chi connectivity index (χ1v) is 6.69. The van der Waals surface area contributed by atoms with Crippen LogP contribution in [0.4, 0.5) is 4.39 Å². The fourth-order valence-electron chi connectivity index (χ4n) is 2.13. The Kier molecular flexibility index (Phi) is 5.23. The van der Waals surface area contributed by atoms with Crippen LogP contribution in [0.2, 0.25) is 0 Å². The zero-order valence-corrected chi connectivity index (χ0v) is 12.0. The van der Waals surface area contributed by atoms with Crippen molar-refractivity contribution in [3.05, 3.63) is 71.5 Å². The molecule has 0 fully saturated rings. The van der Waals surface area contributed by atoms with E-state index in [2.05, 4.69) is 5.32 Å². The van der Waals surface area contributed by atoms with Gasteiger partial charge in [0.2, 0.25) is 0 Å². The number of amides is 1. The van der Waals surface area contributed by atoms with E-state index in [0.717, 1.165) is 0 Å². The molecule has 0 aromatic heterocycles. The molecule has 5 heteroatoms. The van der Waals surface area contributed by atoms with Gasteiger partial charge in [-0.1, -0.05) is 48.5 Å². The molecule has 0 spiro atoms. The van der Waals surface area contributed by atoms with E-state index in [1.54, 1.807) is 30.3 Å². The van der Waals surface area contributed by atoms with E-state index in [1.807, 2.05) is 12.1 Å². The second-order valence-corrected chi connectivity index (χ2v) is 4.62.